The summed E-state index contributed by atoms with van der Waals surface area (Å²) in [5.74, 6) is 0.411. The van der Waals surface area contributed by atoms with Crippen LogP contribution in [-0.4, -0.2) is 25.5 Å². The Morgan fingerprint density at radius 3 is 2.85 bits per heavy atom. The van der Waals surface area contributed by atoms with Crippen molar-refractivity contribution < 1.29 is 14.3 Å². The van der Waals surface area contributed by atoms with E-state index >= 15 is 0 Å². The van der Waals surface area contributed by atoms with Gasteiger partial charge in [0, 0.05) is 0 Å². The number of hydrogen-bond donors (Lipinski definition) is 1. The van der Waals surface area contributed by atoms with Gasteiger partial charge < -0.3 is 10.1 Å². The van der Waals surface area contributed by atoms with Crippen molar-refractivity contribution in [2.45, 2.75) is 31.7 Å². The van der Waals surface area contributed by atoms with Gasteiger partial charge in [0.05, 0.1) is 7.11 Å². The highest BCUT2D eigenvalue weighted by Gasteiger charge is 2.25. The minimum absolute atomic E-state index is 0.354. The lowest BCUT2D eigenvalue weighted by Crippen LogP contribution is -2.36. The molecule has 0 aromatic carbocycles. The lowest BCUT2D eigenvalue weighted by Gasteiger charge is -2.12. The lowest BCUT2D eigenvalue weighted by atomic mass is 10.1. The predicted molar refractivity (Wildman–Crippen MR) is 47.0 cm³/mol. The Labute approximate surface area is 77.6 Å². The molecule has 1 aliphatic rings. The van der Waals surface area contributed by atoms with Crippen LogP contribution in [0.5, 0.6) is 0 Å². The average Bonchev–Trinajstić information content (AvgIpc) is 2.94. The van der Waals surface area contributed by atoms with Crippen LogP contribution in [0.1, 0.15) is 25.7 Å². The first-order chi connectivity index (χ1) is 6.27. The Kier molecular flexibility index (Phi) is 3.73. The van der Waals surface area contributed by atoms with Crippen molar-refractivity contribution in [2.75, 3.05) is 7.11 Å². The molecule has 0 heterocycles. The van der Waals surface area contributed by atoms with Gasteiger partial charge in [0.25, 0.3) is 0 Å². The second kappa shape index (κ2) is 4.84. The van der Waals surface area contributed by atoms with Gasteiger partial charge in [-0.05, 0) is 18.8 Å². The Morgan fingerprint density at radius 1 is 1.69 bits per heavy atom. The summed E-state index contributed by atoms with van der Waals surface area (Å²) < 4.78 is 4.56. The SMILES string of the molecule is COC(=O)C(CCC1CC1)NC=O. The number of rotatable bonds is 6. The van der Waals surface area contributed by atoms with E-state index in [1.54, 1.807) is 0 Å². The Bertz CT molecular complexity index is 189. The molecule has 1 fully saturated rings. The summed E-state index contributed by atoms with van der Waals surface area (Å²) in [6.45, 7) is 0. The first kappa shape index (κ1) is 10.0. The van der Waals surface area contributed by atoms with Gasteiger partial charge in [0.2, 0.25) is 6.41 Å². The fourth-order valence-corrected chi connectivity index (χ4v) is 1.30. The smallest absolute Gasteiger partial charge is 0.328 e. The molecule has 13 heavy (non-hydrogen) atoms. The van der Waals surface area contributed by atoms with Crippen LogP contribution in [0.15, 0.2) is 0 Å². The van der Waals surface area contributed by atoms with Crippen LogP contribution in [0.25, 0.3) is 0 Å². The zero-order chi connectivity index (χ0) is 9.68. The quantitative estimate of drug-likeness (QED) is 0.483. The van der Waals surface area contributed by atoms with Gasteiger partial charge in [0.1, 0.15) is 6.04 Å². The first-order valence-electron chi connectivity index (χ1n) is 4.55. The molecule has 1 aliphatic carbocycles. The largest absolute Gasteiger partial charge is 0.467 e. The van der Waals surface area contributed by atoms with Gasteiger partial charge in [-0.2, -0.15) is 0 Å². The molecule has 0 aliphatic heterocycles. The van der Waals surface area contributed by atoms with Crippen LogP contribution in [0.4, 0.5) is 0 Å². The summed E-state index contributed by atoms with van der Waals surface area (Å²) in [5.41, 5.74) is 0. The summed E-state index contributed by atoms with van der Waals surface area (Å²) in [4.78, 5) is 21.3. The Morgan fingerprint density at radius 2 is 2.38 bits per heavy atom. The number of amides is 1. The number of esters is 1. The number of carbonyl (C=O) groups excluding carboxylic acids is 2. The van der Waals surface area contributed by atoms with Crippen LogP contribution in [0.3, 0.4) is 0 Å². The van der Waals surface area contributed by atoms with Crippen molar-refractivity contribution >= 4 is 12.4 Å². The topological polar surface area (TPSA) is 55.4 Å². The standard InChI is InChI=1S/C9H15NO3/c1-13-9(12)8(10-6-11)5-4-7-2-3-7/h6-8H,2-5H2,1H3,(H,10,11). The van der Waals surface area contributed by atoms with Crippen molar-refractivity contribution in [1.29, 1.82) is 0 Å². The van der Waals surface area contributed by atoms with Gasteiger partial charge in [-0.25, -0.2) is 4.79 Å². The third-order valence-corrected chi connectivity index (χ3v) is 2.32. The number of hydrogen-bond acceptors (Lipinski definition) is 3. The van der Waals surface area contributed by atoms with E-state index < -0.39 is 6.04 Å². The number of methoxy groups -OCH3 is 1. The van der Waals surface area contributed by atoms with Crippen molar-refractivity contribution in [3.63, 3.8) is 0 Å². The summed E-state index contributed by atoms with van der Waals surface area (Å²) in [6, 6.07) is -0.455. The minimum Gasteiger partial charge on any atom is -0.467 e. The monoisotopic (exact) mass is 185 g/mol. The predicted octanol–water partition coefficient (Wildman–Crippen LogP) is 0.464. The molecule has 1 unspecified atom stereocenters. The fraction of sp³-hybridized carbons (Fsp3) is 0.778. The number of carbonyl (C=O) groups is 2. The van der Waals surface area contributed by atoms with Gasteiger partial charge in [-0.15, -0.1) is 0 Å². The van der Waals surface area contributed by atoms with Gasteiger partial charge in [0.15, 0.2) is 0 Å². The molecule has 0 saturated heterocycles. The highest BCUT2D eigenvalue weighted by Crippen LogP contribution is 2.33. The number of ether oxygens (including phenoxy) is 1. The van der Waals surface area contributed by atoms with E-state index in [2.05, 4.69) is 10.1 Å². The number of nitrogens with one attached hydrogen (secondary N) is 1. The Balaban J connectivity index is 2.26. The summed E-state index contributed by atoms with van der Waals surface area (Å²) in [7, 11) is 1.33. The van der Waals surface area contributed by atoms with Gasteiger partial charge in [-0.3, -0.25) is 4.79 Å². The van der Waals surface area contributed by atoms with Crippen molar-refractivity contribution in [2.24, 2.45) is 5.92 Å². The fourth-order valence-electron chi connectivity index (χ4n) is 1.30. The van der Waals surface area contributed by atoms with Crippen LogP contribution >= 0.6 is 0 Å². The summed E-state index contributed by atoms with van der Waals surface area (Å²) >= 11 is 0. The van der Waals surface area contributed by atoms with Gasteiger partial charge in [-0.1, -0.05) is 12.8 Å². The normalized spacial score (nSPS) is 17.6. The van der Waals surface area contributed by atoms with E-state index in [-0.39, 0.29) is 5.97 Å². The molecule has 1 atom stereocenters. The van der Waals surface area contributed by atoms with E-state index in [1.807, 2.05) is 0 Å². The molecular weight excluding hydrogens is 170 g/mol. The average molecular weight is 185 g/mol. The maximum Gasteiger partial charge on any atom is 0.328 e. The molecule has 1 rings (SSSR count). The molecular formula is C9H15NO3. The van der Waals surface area contributed by atoms with E-state index in [0.29, 0.717) is 12.8 Å². The molecule has 0 radical (unpaired) electrons. The molecule has 1 N–H and O–H groups in total. The molecule has 4 heteroatoms. The first-order valence-corrected chi connectivity index (χ1v) is 4.55. The highest BCUT2D eigenvalue weighted by atomic mass is 16.5. The Hall–Kier alpha value is -1.06. The molecule has 0 aromatic rings. The summed E-state index contributed by atoms with van der Waals surface area (Å²) in [6.07, 6.45) is 4.76. The molecule has 0 aromatic heterocycles. The van der Waals surface area contributed by atoms with Crippen LogP contribution in [0, 0.1) is 5.92 Å². The second-order valence-electron chi connectivity index (χ2n) is 3.38. The van der Waals surface area contributed by atoms with Crippen molar-refractivity contribution in [1.82, 2.24) is 5.32 Å². The third-order valence-electron chi connectivity index (χ3n) is 2.32. The van der Waals surface area contributed by atoms with Crippen molar-refractivity contribution in [3.8, 4) is 0 Å². The molecule has 74 valence electrons. The zero-order valence-electron chi connectivity index (χ0n) is 7.79. The molecule has 0 spiro atoms. The second-order valence-corrected chi connectivity index (χ2v) is 3.38. The third kappa shape index (κ3) is 3.44. The van der Waals surface area contributed by atoms with Gasteiger partial charge >= 0.3 is 5.97 Å². The molecule has 4 nitrogen and oxygen atoms in total. The van der Waals surface area contributed by atoms with Crippen LogP contribution in [-0.2, 0) is 14.3 Å². The van der Waals surface area contributed by atoms with Crippen LogP contribution < -0.4 is 5.32 Å². The van der Waals surface area contributed by atoms with Crippen molar-refractivity contribution in [3.05, 3.63) is 0 Å². The maximum absolute atomic E-state index is 11.1. The highest BCUT2D eigenvalue weighted by molar-refractivity contribution is 5.77. The lowest BCUT2D eigenvalue weighted by molar-refractivity contribution is -0.144. The van der Waals surface area contributed by atoms with E-state index in [9.17, 15) is 9.59 Å². The molecule has 1 saturated carbocycles. The minimum atomic E-state index is -0.455. The summed E-state index contributed by atoms with van der Waals surface area (Å²) in [5, 5.41) is 2.46. The van der Waals surface area contributed by atoms with Crippen LogP contribution in [0.2, 0.25) is 0 Å². The molecule has 1 amide bonds. The zero-order valence-corrected chi connectivity index (χ0v) is 7.79. The van der Waals surface area contributed by atoms with E-state index in [1.165, 1.54) is 20.0 Å². The van der Waals surface area contributed by atoms with E-state index in [0.717, 1.165) is 12.3 Å². The van der Waals surface area contributed by atoms with E-state index in [4.69, 9.17) is 0 Å². The molecule has 0 bridgehead atoms. The maximum atomic E-state index is 11.1.